The SMILES string of the molecule is N#Cc1cc(N)ccc1NC(=O)C1CCC(F)(F)CC1. The molecule has 2 rings (SSSR count). The summed E-state index contributed by atoms with van der Waals surface area (Å²) in [6, 6.07) is 6.53. The third-order valence-electron chi connectivity index (χ3n) is 3.51. The highest BCUT2D eigenvalue weighted by atomic mass is 19.3. The Morgan fingerprint density at radius 3 is 2.65 bits per heavy atom. The van der Waals surface area contributed by atoms with Gasteiger partial charge in [0.1, 0.15) is 6.07 Å². The van der Waals surface area contributed by atoms with Crippen LogP contribution in [0, 0.1) is 17.2 Å². The average molecular weight is 279 g/mol. The second-order valence-electron chi connectivity index (χ2n) is 5.04. The fourth-order valence-corrected chi connectivity index (χ4v) is 2.30. The first-order chi connectivity index (χ1) is 9.41. The number of nitrogen functional groups attached to an aromatic ring is 1. The Morgan fingerprint density at radius 2 is 2.05 bits per heavy atom. The molecule has 6 heteroatoms. The summed E-state index contributed by atoms with van der Waals surface area (Å²) in [6.45, 7) is 0. The normalized spacial score (nSPS) is 18.2. The molecule has 0 saturated heterocycles. The fraction of sp³-hybridized carbons (Fsp3) is 0.429. The predicted molar refractivity (Wildman–Crippen MR) is 71.1 cm³/mol. The Labute approximate surface area is 115 Å². The van der Waals surface area contributed by atoms with Crippen molar-refractivity contribution in [3.05, 3.63) is 23.8 Å². The van der Waals surface area contributed by atoms with Gasteiger partial charge in [-0.05, 0) is 31.0 Å². The molecule has 1 aliphatic carbocycles. The molecule has 4 nitrogen and oxygen atoms in total. The van der Waals surface area contributed by atoms with Gasteiger partial charge >= 0.3 is 0 Å². The van der Waals surface area contributed by atoms with Crippen molar-refractivity contribution < 1.29 is 13.6 Å². The van der Waals surface area contributed by atoms with Crippen molar-refractivity contribution in [1.29, 1.82) is 5.26 Å². The number of amides is 1. The molecule has 106 valence electrons. The summed E-state index contributed by atoms with van der Waals surface area (Å²) in [4.78, 5) is 12.0. The van der Waals surface area contributed by atoms with Gasteiger partial charge in [-0.3, -0.25) is 4.79 Å². The van der Waals surface area contributed by atoms with Gasteiger partial charge in [-0.25, -0.2) is 8.78 Å². The molecule has 0 heterocycles. The van der Waals surface area contributed by atoms with E-state index in [9.17, 15) is 13.6 Å². The number of benzene rings is 1. The molecule has 0 aliphatic heterocycles. The van der Waals surface area contributed by atoms with Crippen molar-refractivity contribution in [2.45, 2.75) is 31.6 Å². The lowest BCUT2D eigenvalue weighted by Gasteiger charge is -2.27. The van der Waals surface area contributed by atoms with Gasteiger partial charge in [0, 0.05) is 24.4 Å². The highest BCUT2D eigenvalue weighted by molar-refractivity contribution is 5.94. The van der Waals surface area contributed by atoms with Crippen LogP contribution < -0.4 is 11.1 Å². The predicted octanol–water partition coefficient (Wildman–Crippen LogP) is 2.90. The molecule has 1 amide bonds. The summed E-state index contributed by atoms with van der Waals surface area (Å²) in [5.74, 6) is -3.41. The van der Waals surface area contributed by atoms with Crippen molar-refractivity contribution in [2.75, 3.05) is 11.1 Å². The first kappa shape index (κ1) is 14.3. The van der Waals surface area contributed by atoms with Gasteiger partial charge in [-0.15, -0.1) is 0 Å². The van der Waals surface area contributed by atoms with Gasteiger partial charge in [-0.1, -0.05) is 0 Å². The zero-order valence-electron chi connectivity index (χ0n) is 10.8. The lowest BCUT2D eigenvalue weighted by Crippen LogP contribution is -2.32. The van der Waals surface area contributed by atoms with Crippen molar-refractivity contribution in [3.63, 3.8) is 0 Å². The lowest BCUT2D eigenvalue weighted by molar-refractivity contribution is -0.124. The fourth-order valence-electron chi connectivity index (χ4n) is 2.30. The third kappa shape index (κ3) is 3.23. The van der Waals surface area contributed by atoms with Crippen molar-refractivity contribution in [2.24, 2.45) is 5.92 Å². The van der Waals surface area contributed by atoms with E-state index in [0.29, 0.717) is 11.4 Å². The summed E-state index contributed by atoms with van der Waals surface area (Å²) in [6.07, 6.45) is -0.207. The first-order valence-electron chi connectivity index (χ1n) is 6.39. The molecule has 0 bridgehead atoms. The van der Waals surface area contributed by atoms with Crippen LogP contribution in [0.3, 0.4) is 0 Å². The number of hydrogen-bond donors (Lipinski definition) is 2. The van der Waals surface area contributed by atoms with Crippen molar-refractivity contribution >= 4 is 17.3 Å². The van der Waals surface area contributed by atoms with Gasteiger partial charge in [0.25, 0.3) is 0 Å². The summed E-state index contributed by atoms with van der Waals surface area (Å²) in [7, 11) is 0. The number of hydrogen-bond acceptors (Lipinski definition) is 3. The third-order valence-corrected chi connectivity index (χ3v) is 3.51. The highest BCUT2D eigenvalue weighted by Gasteiger charge is 2.37. The van der Waals surface area contributed by atoms with Crippen LogP contribution in [0.1, 0.15) is 31.2 Å². The van der Waals surface area contributed by atoms with E-state index in [-0.39, 0.29) is 37.2 Å². The lowest BCUT2D eigenvalue weighted by atomic mass is 9.86. The van der Waals surface area contributed by atoms with E-state index in [1.54, 1.807) is 12.1 Å². The minimum absolute atomic E-state index is 0.162. The number of nitrogens with two attached hydrogens (primary N) is 1. The smallest absolute Gasteiger partial charge is 0.248 e. The highest BCUT2D eigenvalue weighted by Crippen LogP contribution is 2.36. The molecule has 0 atom stereocenters. The molecule has 20 heavy (non-hydrogen) atoms. The number of rotatable bonds is 2. The number of anilines is 2. The topological polar surface area (TPSA) is 78.9 Å². The van der Waals surface area contributed by atoms with Gasteiger partial charge < -0.3 is 11.1 Å². The minimum Gasteiger partial charge on any atom is -0.399 e. The van der Waals surface area contributed by atoms with Crippen LogP contribution >= 0.6 is 0 Å². The van der Waals surface area contributed by atoms with E-state index >= 15 is 0 Å². The Hall–Kier alpha value is -2.16. The Morgan fingerprint density at radius 1 is 1.40 bits per heavy atom. The molecule has 0 unspecified atom stereocenters. The molecule has 1 aliphatic rings. The molecule has 1 aromatic carbocycles. The quantitative estimate of drug-likeness (QED) is 0.817. The number of halogens is 2. The van der Waals surface area contributed by atoms with Crippen LogP contribution in [0.5, 0.6) is 0 Å². The minimum atomic E-state index is -2.66. The molecule has 3 N–H and O–H groups in total. The summed E-state index contributed by atoms with van der Waals surface area (Å²) < 4.78 is 26.1. The Balaban J connectivity index is 2.04. The molecular weight excluding hydrogens is 264 g/mol. The molecule has 1 aromatic rings. The van der Waals surface area contributed by atoms with Crippen LogP contribution in [0.15, 0.2) is 18.2 Å². The van der Waals surface area contributed by atoms with E-state index in [1.165, 1.54) is 6.07 Å². The maximum absolute atomic E-state index is 13.0. The van der Waals surface area contributed by atoms with Gasteiger partial charge in [0.2, 0.25) is 11.8 Å². The van der Waals surface area contributed by atoms with E-state index in [1.807, 2.05) is 6.07 Å². The summed E-state index contributed by atoms with van der Waals surface area (Å²) >= 11 is 0. The number of nitrogens with one attached hydrogen (secondary N) is 1. The number of nitriles is 1. The molecule has 0 spiro atoms. The summed E-state index contributed by atoms with van der Waals surface area (Å²) in [5.41, 5.74) is 6.62. The van der Waals surface area contributed by atoms with Crippen molar-refractivity contribution in [3.8, 4) is 6.07 Å². The van der Waals surface area contributed by atoms with Crippen LogP contribution in [-0.4, -0.2) is 11.8 Å². The monoisotopic (exact) mass is 279 g/mol. The van der Waals surface area contributed by atoms with Gasteiger partial charge in [-0.2, -0.15) is 5.26 Å². The van der Waals surface area contributed by atoms with Gasteiger partial charge in [0.15, 0.2) is 0 Å². The Kier molecular flexibility index (Phi) is 3.89. The molecule has 1 saturated carbocycles. The van der Waals surface area contributed by atoms with E-state index < -0.39 is 11.8 Å². The molecule has 0 radical (unpaired) electrons. The number of carbonyl (C=O) groups is 1. The largest absolute Gasteiger partial charge is 0.399 e. The van der Waals surface area contributed by atoms with E-state index in [4.69, 9.17) is 11.0 Å². The van der Waals surface area contributed by atoms with Crippen molar-refractivity contribution in [1.82, 2.24) is 0 Å². The molecule has 0 aromatic heterocycles. The molecule has 1 fully saturated rings. The number of nitrogens with zero attached hydrogens (tertiary/aromatic N) is 1. The first-order valence-corrected chi connectivity index (χ1v) is 6.39. The number of carbonyl (C=O) groups excluding carboxylic acids is 1. The van der Waals surface area contributed by atoms with Crippen LogP contribution in [0.2, 0.25) is 0 Å². The second-order valence-corrected chi connectivity index (χ2v) is 5.04. The number of alkyl halides is 2. The Bertz CT molecular complexity index is 556. The average Bonchev–Trinajstić information content (AvgIpc) is 2.40. The maximum Gasteiger partial charge on any atom is 0.248 e. The zero-order valence-corrected chi connectivity index (χ0v) is 10.8. The van der Waals surface area contributed by atoms with Gasteiger partial charge in [0.05, 0.1) is 11.3 Å². The van der Waals surface area contributed by atoms with E-state index in [2.05, 4.69) is 5.32 Å². The molecular formula is C14H15F2N3O. The second kappa shape index (κ2) is 5.45. The van der Waals surface area contributed by atoms with E-state index in [0.717, 1.165) is 0 Å². The van der Waals surface area contributed by atoms with Crippen LogP contribution in [0.4, 0.5) is 20.2 Å². The van der Waals surface area contributed by atoms with Crippen LogP contribution in [-0.2, 0) is 4.79 Å². The zero-order chi connectivity index (χ0) is 14.8. The summed E-state index contributed by atoms with van der Waals surface area (Å²) in [5, 5.41) is 11.6. The standard InChI is InChI=1S/C14H15F2N3O/c15-14(16)5-3-9(4-6-14)13(20)19-12-2-1-11(18)7-10(12)8-17/h1-2,7,9H,3-6,18H2,(H,19,20). The van der Waals surface area contributed by atoms with Crippen LogP contribution in [0.25, 0.3) is 0 Å². The maximum atomic E-state index is 13.0.